The maximum atomic E-state index is 12.8. The van der Waals surface area contributed by atoms with E-state index in [9.17, 15) is 29.1 Å². The number of nitrogens with two attached hydrogens (primary N) is 1. The third-order valence-electron chi connectivity index (χ3n) is 4.72. The number of hydrogen-bond acceptors (Lipinski definition) is 7. The molecule has 182 valence electrons. The summed E-state index contributed by atoms with van der Waals surface area (Å²) in [5.41, 5.74) is 6.42. The number of aliphatic hydroxyl groups is 1. The number of nitrogens with one attached hydrogen (secondary N) is 3. The topological polar surface area (TPSA) is 208 Å². The van der Waals surface area contributed by atoms with Crippen LogP contribution in [0.1, 0.15) is 32.3 Å². The minimum Gasteiger partial charge on any atom is -0.481 e. The summed E-state index contributed by atoms with van der Waals surface area (Å²) >= 11 is 0. The van der Waals surface area contributed by atoms with Crippen LogP contribution in [-0.2, 0) is 30.4 Å². The monoisotopic (exact) mass is 466 g/mol. The van der Waals surface area contributed by atoms with Gasteiger partial charge in [-0.25, -0.2) is 4.79 Å². The molecule has 0 aromatic heterocycles. The summed E-state index contributed by atoms with van der Waals surface area (Å²) in [6.07, 6.45) is -1.76. The molecule has 0 aliphatic rings. The van der Waals surface area contributed by atoms with Crippen LogP contribution in [-0.4, -0.2) is 75.3 Å². The Morgan fingerprint density at radius 3 is 2.03 bits per heavy atom. The van der Waals surface area contributed by atoms with Crippen molar-refractivity contribution in [1.29, 1.82) is 0 Å². The van der Waals surface area contributed by atoms with Crippen LogP contribution < -0.4 is 21.7 Å². The number of carbonyl (C=O) groups excluding carboxylic acids is 3. The van der Waals surface area contributed by atoms with Crippen LogP contribution in [0.3, 0.4) is 0 Å². The van der Waals surface area contributed by atoms with Gasteiger partial charge in [-0.1, -0.05) is 30.3 Å². The standard InChI is InChI=1S/C21H30N4O8/c1-11(18(29)25-17(12(2)26)21(32)33)23-20(31)15(10-13-6-4-3-5-7-13)24-19(30)14(22)8-9-16(27)28/h3-7,11-12,14-15,17,26H,8-10,22H2,1-2H3,(H,23,31)(H,24,30)(H,25,29)(H,27,28)(H,32,33). The van der Waals surface area contributed by atoms with E-state index in [1.54, 1.807) is 30.3 Å². The summed E-state index contributed by atoms with van der Waals surface area (Å²) in [5, 5.41) is 34.3. The molecule has 0 saturated carbocycles. The Bertz CT molecular complexity index is 846. The first-order valence-corrected chi connectivity index (χ1v) is 10.3. The van der Waals surface area contributed by atoms with E-state index in [0.29, 0.717) is 5.56 Å². The van der Waals surface area contributed by atoms with Crippen molar-refractivity contribution in [2.45, 2.75) is 63.4 Å². The van der Waals surface area contributed by atoms with Crippen molar-refractivity contribution >= 4 is 29.7 Å². The molecular formula is C21H30N4O8. The summed E-state index contributed by atoms with van der Waals surface area (Å²) in [4.78, 5) is 59.4. The first-order chi connectivity index (χ1) is 15.4. The molecule has 0 radical (unpaired) electrons. The molecule has 0 saturated heterocycles. The third kappa shape index (κ3) is 9.66. The normalized spacial score (nSPS) is 15.3. The molecule has 8 N–H and O–H groups in total. The van der Waals surface area contributed by atoms with Crippen LogP contribution in [0.5, 0.6) is 0 Å². The van der Waals surface area contributed by atoms with E-state index in [0.717, 1.165) is 0 Å². The fraction of sp³-hybridized carbons (Fsp3) is 0.476. The van der Waals surface area contributed by atoms with Gasteiger partial charge in [0.2, 0.25) is 17.7 Å². The molecule has 12 nitrogen and oxygen atoms in total. The molecular weight excluding hydrogens is 436 g/mol. The largest absolute Gasteiger partial charge is 0.481 e. The number of benzene rings is 1. The molecule has 0 bridgehead atoms. The number of aliphatic hydroxyl groups excluding tert-OH is 1. The zero-order valence-corrected chi connectivity index (χ0v) is 18.4. The minimum absolute atomic E-state index is 0.0594. The summed E-state index contributed by atoms with van der Waals surface area (Å²) in [5.74, 6) is -4.87. The highest BCUT2D eigenvalue weighted by molar-refractivity contribution is 5.94. The van der Waals surface area contributed by atoms with Gasteiger partial charge >= 0.3 is 11.9 Å². The Morgan fingerprint density at radius 1 is 0.909 bits per heavy atom. The van der Waals surface area contributed by atoms with Crippen molar-refractivity contribution in [3.8, 4) is 0 Å². The lowest BCUT2D eigenvalue weighted by Crippen LogP contribution is -2.57. The van der Waals surface area contributed by atoms with E-state index >= 15 is 0 Å². The highest BCUT2D eigenvalue weighted by Gasteiger charge is 2.30. The Labute approximate surface area is 190 Å². The fourth-order valence-corrected chi connectivity index (χ4v) is 2.79. The van der Waals surface area contributed by atoms with Crippen molar-refractivity contribution in [3.05, 3.63) is 35.9 Å². The highest BCUT2D eigenvalue weighted by Crippen LogP contribution is 2.06. The van der Waals surface area contributed by atoms with Gasteiger partial charge in [-0.3, -0.25) is 19.2 Å². The molecule has 0 spiro atoms. The van der Waals surface area contributed by atoms with Crippen LogP contribution in [0, 0.1) is 0 Å². The maximum absolute atomic E-state index is 12.8. The number of carboxylic acids is 2. The Kier molecular flexibility index (Phi) is 11.0. The Balaban J connectivity index is 2.90. The number of aliphatic carboxylic acids is 2. The van der Waals surface area contributed by atoms with Crippen LogP contribution in [0.15, 0.2) is 30.3 Å². The van der Waals surface area contributed by atoms with E-state index in [2.05, 4.69) is 16.0 Å². The molecule has 0 fully saturated rings. The molecule has 0 aliphatic heterocycles. The smallest absolute Gasteiger partial charge is 0.328 e. The number of carbonyl (C=O) groups is 5. The van der Waals surface area contributed by atoms with E-state index in [4.69, 9.17) is 15.9 Å². The second kappa shape index (κ2) is 13.1. The molecule has 1 aromatic carbocycles. The van der Waals surface area contributed by atoms with Gasteiger partial charge in [0.1, 0.15) is 12.1 Å². The number of rotatable bonds is 13. The SMILES string of the molecule is CC(NC(=O)C(Cc1ccccc1)NC(=O)C(N)CCC(=O)O)C(=O)NC(C(=O)O)C(C)O. The van der Waals surface area contributed by atoms with E-state index in [1.165, 1.54) is 13.8 Å². The van der Waals surface area contributed by atoms with Crippen LogP contribution in [0.2, 0.25) is 0 Å². The minimum atomic E-state index is -1.57. The molecule has 1 rings (SSSR count). The lowest BCUT2D eigenvalue weighted by molar-refractivity contribution is -0.145. The average Bonchev–Trinajstić information content (AvgIpc) is 2.74. The first-order valence-electron chi connectivity index (χ1n) is 10.3. The highest BCUT2D eigenvalue weighted by atomic mass is 16.4. The number of amides is 3. The van der Waals surface area contributed by atoms with Gasteiger partial charge in [0, 0.05) is 12.8 Å². The lowest BCUT2D eigenvalue weighted by Gasteiger charge is -2.24. The molecule has 12 heteroatoms. The van der Waals surface area contributed by atoms with Gasteiger partial charge in [0.25, 0.3) is 0 Å². The summed E-state index contributed by atoms with van der Waals surface area (Å²) in [6, 6.07) is 3.66. The predicted molar refractivity (Wildman–Crippen MR) is 116 cm³/mol. The zero-order chi connectivity index (χ0) is 25.1. The van der Waals surface area contributed by atoms with Gasteiger partial charge in [-0.15, -0.1) is 0 Å². The molecule has 5 atom stereocenters. The number of hydrogen-bond donors (Lipinski definition) is 7. The van der Waals surface area contributed by atoms with E-state index in [1.807, 2.05) is 0 Å². The van der Waals surface area contributed by atoms with Gasteiger partial charge < -0.3 is 37.0 Å². The van der Waals surface area contributed by atoms with Gasteiger partial charge in [-0.2, -0.15) is 0 Å². The summed E-state index contributed by atoms with van der Waals surface area (Å²) in [7, 11) is 0. The van der Waals surface area contributed by atoms with Crippen molar-refractivity contribution in [1.82, 2.24) is 16.0 Å². The molecule has 3 amide bonds. The Hall–Kier alpha value is -3.51. The van der Waals surface area contributed by atoms with E-state index < -0.39 is 59.9 Å². The average molecular weight is 466 g/mol. The second-order valence-corrected chi connectivity index (χ2v) is 7.59. The Morgan fingerprint density at radius 2 is 1.52 bits per heavy atom. The molecule has 33 heavy (non-hydrogen) atoms. The molecule has 0 heterocycles. The quantitative estimate of drug-likeness (QED) is 0.178. The molecule has 0 aliphatic carbocycles. The van der Waals surface area contributed by atoms with Gasteiger partial charge in [-0.05, 0) is 25.8 Å². The van der Waals surface area contributed by atoms with Crippen molar-refractivity contribution < 1.29 is 39.3 Å². The van der Waals surface area contributed by atoms with E-state index in [-0.39, 0.29) is 19.3 Å². The maximum Gasteiger partial charge on any atom is 0.328 e. The molecule has 5 unspecified atom stereocenters. The summed E-state index contributed by atoms with van der Waals surface area (Å²) in [6.45, 7) is 2.51. The summed E-state index contributed by atoms with van der Waals surface area (Å²) < 4.78 is 0. The van der Waals surface area contributed by atoms with Crippen molar-refractivity contribution in [3.63, 3.8) is 0 Å². The van der Waals surface area contributed by atoms with Gasteiger partial charge in [0.05, 0.1) is 12.1 Å². The molecule has 1 aromatic rings. The fourth-order valence-electron chi connectivity index (χ4n) is 2.79. The van der Waals surface area contributed by atoms with Crippen molar-refractivity contribution in [2.75, 3.05) is 0 Å². The predicted octanol–water partition coefficient (Wildman–Crippen LogP) is -1.64. The van der Waals surface area contributed by atoms with Crippen LogP contribution in [0.25, 0.3) is 0 Å². The van der Waals surface area contributed by atoms with Crippen LogP contribution in [0.4, 0.5) is 0 Å². The van der Waals surface area contributed by atoms with Crippen LogP contribution >= 0.6 is 0 Å². The third-order valence-corrected chi connectivity index (χ3v) is 4.72. The lowest BCUT2D eigenvalue weighted by atomic mass is 10.0. The van der Waals surface area contributed by atoms with Crippen molar-refractivity contribution in [2.24, 2.45) is 5.73 Å². The first kappa shape index (κ1) is 27.5. The van der Waals surface area contributed by atoms with Gasteiger partial charge in [0.15, 0.2) is 6.04 Å². The zero-order valence-electron chi connectivity index (χ0n) is 18.4. The second-order valence-electron chi connectivity index (χ2n) is 7.59. The number of carboxylic acid groups (broad SMARTS) is 2.